The number of para-hydroxylation sites is 1. The van der Waals surface area contributed by atoms with E-state index >= 15 is 0 Å². The summed E-state index contributed by atoms with van der Waals surface area (Å²) in [4.78, 5) is 22.4. The third-order valence-corrected chi connectivity index (χ3v) is 3.34. The minimum absolute atomic E-state index is 0.0163. The van der Waals surface area contributed by atoms with E-state index in [2.05, 4.69) is 5.32 Å². The van der Waals surface area contributed by atoms with Gasteiger partial charge in [0.15, 0.2) is 0 Å². The molecule has 0 radical (unpaired) electrons. The number of benzene rings is 1. The van der Waals surface area contributed by atoms with Crippen molar-refractivity contribution in [3.8, 4) is 6.07 Å². The van der Waals surface area contributed by atoms with Gasteiger partial charge in [0.1, 0.15) is 11.6 Å². The summed E-state index contributed by atoms with van der Waals surface area (Å²) in [5, 5.41) is 22.9. The van der Waals surface area contributed by atoms with Crippen LogP contribution in [0.5, 0.6) is 0 Å². The minimum atomic E-state index is -0.462. The second kappa shape index (κ2) is 5.82. The standard InChI is InChI=1S/C16H15N3O3/c1-16(2)9-12(13(10-17)15(20)18-16)8-7-11-5-3-4-6-14(11)19(21)22/h3-8H,9H2,1-2H3,(H,18,20)/b8-7+. The Balaban J connectivity index is 2.42. The fraction of sp³-hybridized carbons (Fsp3) is 0.250. The molecule has 1 heterocycles. The van der Waals surface area contributed by atoms with Gasteiger partial charge in [-0.1, -0.05) is 18.2 Å². The van der Waals surface area contributed by atoms with Gasteiger partial charge in [0.2, 0.25) is 0 Å². The molecule has 0 aliphatic carbocycles. The molecule has 0 saturated heterocycles. The summed E-state index contributed by atoms with van der Waals surface area (Å²) < 4.78 is 0. The van der Waals surface area contributed by atoms with Crippen molar-refractivity contribution < 1.29 is 9.72 Å². The molecule has 6 nitrogen and oxygen atoms in total. The molecular weight excluding hydrogens is 282 g/mol. The summed E-state index contributed by atoms with van der Waals surface area (Å²) in [7, 11) is 0. The number of hydrogen-bond donors (Lipinski definition) is 1. The van der Waals surface area contributed by atoms with Crippen LogP contribution in [0.25, 0.3) is 6.08 Å². The Labute approximate surface area is 127 Å². The first kappa shape index (κ1) is 15.4. The van der Waals surface area contributed by atoms with E-state index in [0.717, 1.165) is 0 Å². The van der Waals surface area contributed by atoms with E-state index in [9.17, 15) is 14.9 Å². The molecule has 0 fully saturated rings. The van der Waals surface area contributed by atoms with Crippen molar-refractivity contribution in [3.63, 3.8) is 0 Å². The van der Waals surface area contributed by atoms with Crippen molar-refractivity contribution in [2.75, 3.05) is 0 Å². The van der Waals surface area contributed by atoms with Crippen LogP contribution >= 0.6 is 0 Å². The number of nitrogens with zero attached hydrogens (tertiary/aromatic N) is 2. The Morgan fingerprint density at radius 2 is 2.05 bits per heavy atom. The quantitative estimate of drug-likeness (QED) is 0.685. The van der Waals surface area contributed by atoms with Gasteiger partial charge in [-0.25, -0.2) is 0 Å². The van der Waals surface area contributed by atoms with Crippen LogP contribution in [0.1, 0.15) is 25.8 Å². The number of carbonyl (C=O) groups excluding carboxylic acids is 1. The molecule has 112 valence electrons. The summed E-state index contributed by atoms with van der Waals surface area (Å²) in [5.74, 6) is -0.416. The number of nitriles is 1. The molecule has 6 heteroatoms. The molecule has 0 saturated carbocycles. The lowest BCUT2D eigenvalue weighted by Crippen LogP contribution is -2.47. The Kier molecular flexibility index (Phi) is 4.08. The first-order valence-corrected chi connectivity index (χ1v) is 6.71. The maximum absolute atomic E-state index is 11.9. The molecule has 1 amide bonds. The molecule has 0 spiro atoms. The first-order valence-electron chi connectivity index (χ1n) is 6.71. The number of rotatable bonds is 3. The second-order valence-electron chi connectivity index (χ2n) is 5.68. The lowest BCUT2D eigenvalue weighted by Gasteiger charge is -2.31. The average molecular weight is 297 g/mol. The Bertz CT molecular complexity index is 739. The van der Waals surface area contributed by atoms with Crippen LogP contribution in [0.15, 0.2) is 41.5 Å². The van der Waals surface area contributed by atoms with E-state index in [-0.39, 0.29) is 11.3 Å². The van der Waals surface area contributed by atoms with Crippen LogP contribution in [0.2, 0.25) is 0 Å². The van der Waals surface area contributed by atoms with Gasteiger partial charge in [-0.15, -0.1) is 0 Å². The molecule has 0 unspecified atom stereocenters. The molecule has 1 aliphatic heterocycles. The van der Waals surface area contributed by atoms with Crippen LogP contribution in [0, 0.1) is 21.4 Å². The van der Waals surface area contributed by atoms with Gasteiger partial charge < -0.3 is 5.32 Å². The van der Waals surface area contributed by atoms with Crippen LogP contribution in [0.3, 0.4) is 0 Å². The molecule has 1 aromatic rings. The van der Waals surface area contributed by atoms with Crippen molar-refractivity contribution in [2.24, 2.45) is 0 Å². The zero-order chi connectivity index (χ0) is 16.3. The van der Waals surface area contributed by atoms with Crippen molar-refractivity contribution >= 4 is 17.7 Å². The number of carbonyl (C=O) groups is 1. The van der Waals surface area contributed by atoms with E-state index in [1.165, 1.54) is 6.07 Å². The third kappa shape index (κ3) is 3.20. The number of nitro benzene ring substituents is 1. The van der Waals surface area contributed by atoms with Gasteiger partial charge in [0.05, 0.1) is 10.5 Å². The van der Waals surface area contributed by atoms with Crippen LogP contribution in [-0.2, 0) is 4.79 Å². The largest absolute Gasteiger partial charge is 0.346 e. The number of nitro groups is 1. The van der Waals surface area contributed by atoms with E-state index in [0.29, 0.717) is 17.6 Å². The lowest BCUT2D eigenvalue weighted by atomic mass is 9.87. The fourth-order valence-corrected chi connectivity index (χ4v) is 2.37. The predicted octanol–water partition coefficient (Wildman–Crippen LogP) is 2.73. The molecule has 0 atom stereocenters. The monoisotopic (exact) mass is 297 g/mol. The molecule has 0 bridgehead atoms. The summed E-state index contributed by atoms with van der Waals surface area (Å²) in [5.41, 5.74) is 0.585. The smallest absolute Gasteiger partial charge is 0.276 e. The van der Waals surface area contributed by atoms with Crippen LogP contribution in [-0.4, -0.2) is 16.4 Å². The van der Waals surface area contributed by atoms with E-state index in [1.54, 1.807) is 30.4 Å². The number of amides is 1. The number of hydrogen-bond acceptors (Lipinski definition) is 4. The highest BCUT2D eigenvalue weighted by Gasteiger charge is 2.31. The van der Waals surface area contributed by atoms with Crippen molar-refractivity contribution in [1.82, 2.24) is 5.32 Å². The summed E-state index contributed by atoms with van der Waals surface area (Å²) in [6, 6.07) is 8.22. The number of nitrogens with one attached hydrogen (secondary N) is 1. The lowest BCUT2D eigenvalue weighted by molar-refractivity contribution is -0.385. The Morgan fingerprint density at radius 1 is 1.36 bits per heavy atom. The minimum Gasteiger partial charge on any atom is -0.346 e. The topological polar surface area (TPSA) is 96.0 Å². The van der Waals surface area contributed by atoms with Crippen molar-refractivity contribution in [3.05, 3.63) is 57.2 Å². The Hall–Kier alpha value is -2.94. The summed E-state index contributed by atoms with van der Waals surface area (Å²) >= 11 is 0. The number of allylic oxidation sites excluding steroid dienone is 1. The van der Waals surface area contributed by atoms with Gasteiger partial charge in [-0.3, -0.25) is 14.9 Å². The van der Waals surface area contributed by atoms with Crippen molar-refractivity contribution in [1.29, 1.82) is 5.26 Å². The van der Waals surface area contributed by atoms with Gasteiger partial charge in [-0.2, -0.15) is 5.26 Å². The molecule has 1 aromatic carbocycles. The van der Waals surface area contributed by atoms with Gasteiger partial charge >= 0.3 is 0 Å². The highest BCUT2D eigenvalue weighted by Crippen LogP contribution is 2.27. The van der Waals surface area contributed by atoms with Crippen molar-refractivity contribution in [2.45, 2.75) is 25.8 Å². The van der Waals surface area contributed by atoms with Gasteiger partial charge in [0, 0.05) is 11.6 Å². The zero-order valence-electron chi connectivity index (χ0n) is 12.3. The maximum Gasteiger partial charge on any atom is 0.276 e. The maximum atomic E-state index is 11.9. The Morgan fingerprint density at radius 3 is 2.68 bits per heavy atom. The summed E-state index contributed by atoms with van der Waals surface area (Å²) in [6.45, 7) is 3.72. The normalized spacial score (nSPS) is 17.2. The molecule has 22 heavy (non-hydrogen) atoms. The second-order valence-corrected chi connectivity index (χ2v) is 5.68. The van der Waals surface area contributed by atoms with Gasteiger partial charge in [-0.05, 0) is 38.0 Å². The highest BCUT2D eigenvalue weighted by atomic mass is 16.6. The van der Waals surface area contributed by atoms with Crippen LogP contribution < -0.4 is 5.32 Å². The molecule has 1 N–H and O–H groups in total. The molecular formula is C16H15N3O3. The molecule has 2 rings (SSSR count). The first-order chi connectivity index (χ1) is 10.3. The zero-order valence-corrected chi connectivity index (χ0v) is 12.3. The highest BCUT2D eigenvalue weighted by molar-refractivity contribution is 6.00. The van der Waals surface area contributed by atoms with E-state index < -0.39 is 16.4 Å². The third-order valence-electron chi connectivity index (χ3n) is 3.34. The van der Waals surface area contributed by atoms with E-state index in [1.807, 2.05) is 19.9 Å². The SMILES string of the molecule is CC1(C)CC(/C=C/c2ccccc2[N+](=O)[O-])=C(C#N)C(=O)N1. The molecule has 1 aliphatic rings. The fourth-order valence-electron chi connectivity index (χ4n) is 2.37. The average Bonchev–Trinajstić information content (AvgIpc) is 2.43. The van der Waals surface area contributed by atoms with E-state index in [4.69, 9.17) is 5.26 Å². The predicted molar refractivity (Wildman–Crippen MR) is 81.6 cm³/mol. The van der Waals surface area contributed by atoms with Gasteiger partial charge in [0.25, 0.3) is 11.6 Å². The van der Waals surface area contributed by atoms with Crippen LogP contribution in [0.4, 0.5) is 5.69 Å². The summed E-state index contributed by atoms with van der Waals surface area (Å²) in [6.07, 6.45) is 3.67. The molecule has 0 aromatic heterocycles.